The molecule has 2 aliphatic rings. The van der Waals surface area contributed by atoms with Gasteiger partial charge < -0.3 is 5.32 Å². The molecule has 1 aliphatic carbocycles. The highest BCUT2D eigenvalue weighted by molar-refractivity contribution is 6.00. The normalized spacial score (nSPS) is 17.8. The average Bonchev–Trinajstić information content (AvgIpc) is 2.83. The Balaban J connectivity index is 1.30. The molecule has 1 N–H and O–H groups in total. The van der Waals surface area contributed by atoms with Crippen molar-refractivity contribution >= 4 is 23.3 Å². The van der Waals surface area contributed by atoms with Crippen molar-refractivity contribution in [3.8, 4) is 0 Å². The van der Waals surface area contributed by atoms with Crippen molar-refractivity contribution < 1.29 is 14.4 Å². The monoisotopic (exact) mass is 429 g/mol. The van der Waals surface area contributed by atoms with Gasteiger partial charge in [-0.2, -0.15) is 5.11 Å². The smallest absolute Gasteiger partial charge is 0.291 e. The minimum Gasteiger partial charge on any atom is -0.326 e. The molecule has 32 heavy (non-hydrogen) atoms. The molecule has 6 heteroatoms. The van der Waals surface area contributed by atoms with E-state index in [2.05, 4.69) is 15.5 Å². The van der Waals surface area contributed by atoms with Crippen LogP contribution in [0.15, 0.2) is 76.0 Å². The molecule has 1 unspecified atom stereocenters. The third-order valence-corrected chi connectivity index (χ3v) is 6.05. The summed E-state index contributed by atoms with van der Waals surface area (Å²) >= 11 is 0. The minimum absolute atomic E-state index is 0.0229. The van der Waals surface area contributed by atoms with E-state index in [1.807, 2.05) is 42.5 Å². The average molecular weight is 430 g/mol. The Morgan fingerprint density at radius 3 is 2.62 bits per heavy atom. The summed E-state index contributed by atoms with van der Waals surface area (Å²) in [5.74, 6) is -0.375. The number of carbonyl (C=O) groups excluding carboxylic acids is 3. The summed E-state index contributed by atoms with van der Waals surface area (Å²) in [5.41, 5.74) is 4.48. The molecule has 0 radical (unpaired) electrons. The number of anilines is 1. The maximum absolute atomic E-state index is 12.3. The number of nitrogens with one attached hydrogen (secondary N) is 1. The van der Waals surface area contributed by atoms with Gasteiger partial charge in [0.1, 0.15) is 0 Å². The number of amides is 2. The fraction of sp³-hybridized carbons (Fsp3) is 0.346. The Morgan fingerprint density at radius 2 is 1.78 bits per heavy atom. The summed E-state index contributed by atoms with van der Waals surface area (Å²) < 4.78 is 0. The summed E-state index contributed by atoms with van der Waals surface area (Å²) in [6.07, 6.45) is 5.80. The van der Waals surface area contributed by atoms with Gasteiger partial charge in [-0.1, -0.05) is 42.5 Å². The lowest BCUT2D eigenvalue weighted by atomic mass is 9.84. The molecule has 0 saturated heterocycles. The highest BCUT2D eigenvalue weighted by Crippen LogP contribution is 2.34. The van der Waals surface area contributed by atoms with Crippen LogP contribution in [0.3, 0.4) is 0 Å². The molecule has 164 valence electrons. The Bertz CT molecular complexity index is 1070. The van der Waals surface area contributed by atoms with E-state index >= 15 is 0 Å². The zero-order valence-electron chi connectivity index (χ0n) is 18.0. The quantitative estimate of drug-likeness (QED) is 0.566. The molecule has 0 aromatic heterocycles. The van der Waals surface area contributed by atoms with Crippen molar-refractivity contribution in [2.24, 2.45) is 10.2 Å². The van der Waals surface area contributed by atoms with Gasteiger partial charge in [0, 0.05) is 29.7 Å². The topological polar surface area (TPSA) is 88.0 Å². The molecule has 2 amide bonds. The van der Waals surface area contributed by atoms with Gasteiger partial charge in [-0.25, -0.2) is 0 Å². The summed E-state index contributed by atoms with van der Waals surface area (Å²) in [6.45, 7) is 0. The van der Waals surface area contributed by atoms with E-state index < -0.39 is 0 Å². The maximum Gasteiger partial charge on any atom is 0.291 e. The predicted octanol–water partition coefficient (Wildman–Crippen LogP) is 5.45. The molecule has 1 atom stereocenters. The van der Waals surface area contributed by atoms with Gasteiger partial charge in [0.05, 0.1) is 6.04 Å². The van der Waals surface area contributed by atoms with E-state index in [0.29, 0.717) is 5.56 Å². The summed E-state index contributed by atoms with van der Waals surface area (Å²) in [5, 5.41) is 11.0. The van der Waals surface area contributed by atoms with Crippen LogP contribution in [0.4, 0.5) is 5.69 Å². The minimum atomic E-state index is -0.178. The van der Waals surface area contributed by atoms with Crippen LogP contribution in [0.1, 0.15) is 60.9 Å². The zero-order chi connectivity index (χ0) is 22.3. The first kappa shape index (κ1) is 21.8. The molecule has 2 aromatic carbocycles. The lowest BCUT2D eigenvalue weighted by Crippen LogP contribution is -2.22. The van der Waals surface area contributed by atoms with Crippen molar-refractivity contribution in [1.82, 2.24) is 0 Å². The molecule has 0 bridgehead atoms. The van der Waals surface area contributed by atoms with Crippen molar-refractivity contribution in [3.05, 3.63) is 76.9 Å². The largest absolute Gasteiger partial charge is 0.326 e. The second kappa shape index (κ2) is 10.3. The number of Topliss-reactive ketones (excluding diaryl/α,β-unsaturated/α-hetero) is 1. The summed E-state index contributed by atoms with van der Waals surface area (Å²) in [4.78, 5) is 36.5. The fourth-order valence-corrected chi connectivity index (χ4v) is 4.35. The van der Waals surface area contributed by atoms with Crippen LogP contribution in [0, 0.1) is 0 Å². The highest BCUT2D eigenvalue weighted by Gasteiger charge is 2.28. The second-order valence-corrected chi connectivity index (χ2v) is 8.32. The first-order valence-electron chi connectivity index (χ1n) is 11.2. The SMILES string of the molecule is O=C(CCC(=O)c1ccccc1)Nc1cccc(CCC2N=NC(=O)C3=C2CCCC3)c1. The Morgan fingerprint density at radius 1 is 0.969 bits per heavy atom. The van der Waals surface area contributed by atoms with E-state index in [0.717, 1.165) is 55.3 Å². The molecule has 1 aliphatic heterocycles. The molecule has 4 rings (SSSR count). The van der Waals surface area contributed by atoms with Gasteiger partial charge >= 0.3 is 0 Å². The molecule has 2 aromatic rings. The van der Waals surface area contributed by atoms with Crippen molar-refractivity contribution in [1.29, 1.82) is 0 Å². The fourth-order valence-electron chi connectivity index (χ4n) is 4.35. The number of hydrogen-bond donors (Lipinski definition) is 1. The van der Waals surface area contributed by atoms with Crippen LogP contribution in [-0.2, 0) is 16.0 Å². The molecule has 0 fully saturated rings. The summed E-state index contributed by atoms with van der Waals surface area (Å²) in [7, 11) is 0. The van der Waals surface area contributed by atoms with E-state index in [9.17, 15) is 14.4 Å². The number of aryl methyl sites for hydroxylation is 1. The third-order valence-electron chi connectivity index (χ3n) is 6.05. The third kappa shape index (κ3) is 5.44. The van der Waals surface area contributed by atoms with Gasteiger partial charge in [0.2, 0.25) is 5.91 Å². The van der Waals surface area contributed by atoms with E-state index in [1.54, 1.807) is 12.1 Å². The Kier molecular flexibility index (Phi) is 7.00. The molecule has 0 saturated carbocycles. The van der Waals surface area contributed by atoms with E-state index in [4.69, 9.17) is 0 Å². The van der Waals surface area contributed by atoms with Crippen molar-refractivity contribution in [2.45, 2.75) is 57.4 Å². The number of carbonyl (C=O) groups is 3. The molecular weight excluding hydrogens is 402 g/mol. The lowest BCUT2D eigenvalue weighted by molar-refractivity contribution is -0.116. The van der Waals surface area contributed by atoms with Crippen molar-refractivity contribution in [3.63, 3.8) is 0 Å². The van der Waals surface area contributed by atoms with Crippen molar-refractivity contribution in [2.75, 3.05) is 5.32 Å². The number of hydrogen-bond acceptors (Lipinski definition) is 4. The highest BCUT2D eigenvalue weighted by atomic mass is 16.2. The molecular formula is C26H27N3O3. The van der Waals surface area contributed by atoms with E-state index in [1.165, 1.54) is 5.57 Å². The van der Waals surface area contributed by atoms with Gasteiger partial charge in [-0.05, 0) is 61.8 Å². The van der Waals surface area contributed by atoms with Gasteiger partial charge in [0.15, 0.2) is 5.78 Å². The molecule has 6 nitrogen and oxygen atoms in total. The number of benzene rings is 2. The predicted molar refractivity (Wildman–Crippen MR) is 123 cm³/mol. The number of nitrogens with zero attached hydrogens (tertiary/aromatic N) is 2. The van der Waals surface area contributed by atoms with Crippen LogP contribution < -0.4 is 5.32 Å². The Hall–Kier alpha value is -3.41. The van der Waals surface area contributed by atoms with Crippen LogP contribution in [0.2, 0.25) is 0 Å². The van der Waals surface area contributed by atoms with E-state index in [-0.39, 0.29) is 36.5 Å². The van der Waals surface area contributed by atoms with Crippen LogP contribution in [0.25, 0.3) is 0 Å². The first-order chi connectivity index (χ1) is 15.6. The van der Waals surface area contributed by atoms with Gasteiger partial charge in [-0.15, -0.1) is 5.11 Å². The van der Waals surface area contributed by atoms with Gasteiger partial charge in [0.25, 0.3) is 5.91 Å². The van der Waals surface area contributed by atoms with Crippen LogP contribution in [0.5, 0.6) is 0 Å². The second-order valence-electron chi connectivity index (χ2n) is 8.32. The Labute approximate surface area is 187 Å². The number of rotatable bonds is 8. The zero-order valence-corrected chi connectivity index (χ0v) is 18.0. The van der Waals surface area contributed by atoms with Gasteiger partial charge in [-0.3, -0.25) is 14.4 Å². The summed E-state index contributed by atoms with van der Waals surface area (Å²) in [6, 6.07) is 16.7. The maximum atomic E-state index is 12.3. The lowest BCUT2D eigenvalue weighted by Gasteiger charge is -2.25. The number of ketones is 1. The van der Waals surface area contributed by atoms with Crippen LogP contribution in [-0.4, -0.2) is 23.6 Å². The molecule has 1 heterocycles. The first-order valence-corrected chi connectivity index (χ1v) is 11.2. The van der Waals surface area contributed by atoms with Crippen LogP contribution >= 0.6 is 0 Å². The number of azo groups is 1. The standard InChI is InChI=1S/C26H27N3O3/c30-24(19-8-2-1-3-9-19)15-16-25(31)27-20-10-6-7-18(17-20)13-14-23-21-11-4-5-12-22(21)26(32)29-28-23/h1-3,6-10,17,23H,4-5,11-16H2,(H,27,31). The molecule has 0 spiro atoms.